The van der Waals surface area contributed by atoms with Gasteiger partial charge in [0.05, 0.1) is 11.8 Å². The van der Waals surface area contributed by atoms with Gasteiger partial charge >= 0.3 is 6.18 Å². The molecule has 0 aliphatic carbocycles. The molecular weight excluding hydrogens is 506 g/mol. The molecule has 2 aromatic rings. The maximum atomic E-state index is 14.3. The number of rotatable bonds is 6. The maximum absolute atomic E-state index is 14.3. The first kappa shape index (κ1) is 29.6. The molecule has 0 unspecified atom stereocenters. The van der Waals surface area contributed by atoms with Gasteiger partial charge in [0.15, 0.2) is 0 Å². The fourth-order valence-electron chi connectivity index (χ4n) is 4.61. The molecule has 2 heterocycles. The van der Waals surface area contributed by atoms with Crippen molar-refractivity contribution in [3.8, 4) is 0 Å². The first-order chi connectivity index (χ1) is 18.0. The van der Waals surface area contributed by atoms with E-state index >= 15 is 0 Å². The molecule has 210 valence electrons. The van der Waals surface area contributed by atoms with Crippen molar-refractivity contribution in [3.05, 3.63) is 47.5 Å². The number of hydrogen-bond acceptors (Lipinski definition) is 5. The van der Waals surface area contributed by atoms with Crippen LogP contribution in [0.4, 0.5) is 23.2 Å². The predicted molar refractivity (Wildman–Crippen MR) is 134 cm³/mol. The molecule has 1 aliphatic rings. The SMILES string of the molecule is COCC(=O)N1CCCN(CC(C)C)CCCN(C(=O)Cn2cc(C(F)(F)F)cn2)Cc2cc(F)ccc21. The van der Waals surface area contributed by atoms with Crippen LogP contribution in [0.3, 0.4) is 0 Å². The number of amides is 2. The molecule has 38 heavy (non-hydrogen) atoms. The maximum Gasteiger partial charge on any atom is 0.419 e. The number of benzene rings is 1. The van der Waals surface area contributed by atoms with Crippen molar-refractivity contribution in [3.63, 3.8) is 0 Å². The van der Waals surface area contributed by atoms with Gasteiger partial charge in [-0.25, -0.2) is 4.39 Å². The second-order valence-corrected chi connectivity index (χ2v) is 9.89. The highest BCUT2D eigenvalue weighted by Gasteiger charge is 2.32. The third kappa shape index (κ3) is 8.26. The Balaban J connectivity index is 1.93. The van der Waals surface area contributed by atoms with Crippen molar-refractivity contribution in [2.24, 2.45) is 5.92 Å². The zero-order valence-electron chi connectivity index (χ0n) is 22.0. The lowest BCUT2D eigenvalue weighted by atomic mass is 10.1. The van der Waals surface area contributed by atoms with Crippen LogP contribution in [0.5, 0.6) is 0 Å². The van der Waals surface area contributed by atoms with Crippen molar-refractivity contribution >= 4 is 17.5 Å². The molecule has 0 saturated heterocycles. The van der Waals surface area contributed by atoms with Gasteiger partial charge in [-0.15, -0.1) is 0 Å². The smallest absolute Gasteiger partial charge is 0.375 e. The Morgan fingerprint density at radius 1 is 1.08 bits per heavy atom. The highest BCUT2D eigenvalue weighted by atomic mass is 19.4. The van der Waals surface area contributed by atoms with Gasteiger partial charge in [0.1, 0.15) is 19.0 Å². The van der Waals surface area contributed by atoms with Gasteiger partial charge in [0, 0.05) is 45.2 Å². The molecule has 12 heteroatoms. The van der Waals surface area contributed by atoms with Gasteiger partial charge in [-0.2, -0.15) is 18.3 Å². The van der Waals surface area contributed by atoms with Crippen LogP contribution in [0.2, 0.25) is 0 Å². The average Bonchev–Trinajstić information content (AvgIpc) is 3.29. The van der Waals surface area contributed by atoms with Gasteiger partial charge in [0.25, 0.3) is 5.91 Å². The first-order valence-corrected chi connectivity index (χ1v) is 12.7. The molecule has 0 spiro atoms. The fraction of sp³-hybridized carbons (Fsp3) is 0.577. The molecule has 0 fully saturated rings. The van der Waals surface area contributed by atoms with Crippen LogP contribution in [0.15, 0.2) is 30.6 Å². The number of methoxy groups -OCH3 is 1. The molecule has 0 atom stereocenters. The Hall–Kier alpha value is -2.99. The van der Waals surface area contributed by atoms with Gasteiger partial charge < -0.3 is 19.4 Å². The standard InChI is InChI=1S/C26H35F4N5O3/c1-19(2)14-32-8-4-10-33(24(36)17-34-16-21(13-31-34)26(28,29)30)15-20-12-22(27)6-7-23(20)35(11-5-9-32)25(37)18-38-3/h6-7,12-13,16,19H,4-5,8-11,14-15,17-18H2,1-3H3. The average molecular weight is 542 g/mol. The Bertz CT molecular complexity index is 1090. The second-order valence-electron chi connectivity index (χ2n) is 9.89. The predicted octanol–water partition coefficient (Wildman–Crippen LogP) is 3.80. The number of carbonyl (C=O) groups is 2. The zero-order chi connectivity index (χ0) is 27.9. The summed E-state index contributed by atoms with van der Waals surface area (Å²) in [7, 11) is 1.42. The molecule has 0 saturated carbocycles. The third-order valence-electron chi connectivity index (χ3n) is 6.25. The molecule has 0 N–H and O–H groups in total. The van der Waals surface area contributed by atoms with E-state index in [4.69, 9.17) is 4.74 Å². The van der Waals surface area contributed by atoms with E-state index < -0.39 is 30.0 Å². The van der Waals surface area contributed by atoms with E-state index in [-0.39, 0.29) is 19.1 Å². The first-order valence-electron chi connectivity index (χ1n) is 12.7. The summed E-state index contributed by atoms with van der Waals surface area (Å²) < 4.78 is 59.4. The van der Waals surface area contributed by atoms with E-state index in [0.29, 0.717) is 55.8 Å². The number of hydrogen-bond donors (Lipinski definition) is 0. The van der Waals surface area contributed by atoms with E-state index in [1.54, 1.807) is 4.90 Å². The molecule has 1 aromatic carbocycles. The lowest BCUT2D eigenvalue weighted by Gasteiger charge is -2.32. The molecule has 2 amide bonds. The summed E-state index contributed by atoms with van der Waals surface area (Å²) in [5.41, 5.74) is -0.0393. The van der Waals surface area contributed by atoms with Gasteiger partial charge in [-0.1, -0.05) is 13.8 Å². The number of nitrogens with zero attached hydrogens (tertiary/aromatic N) is 5. The van der Waals surface area contributed by atoms with Crippen LogP contribution in [0.25, 0.3) is 0 Å². The summed E-state index contributed by atoms with van der Waals surface area (Å²) in [6.07, 6.45) is -1.77. The van der Waals surface area contributed by atoms with Crippen LogP contribution in [-0.2, 0) is 33.6 Å². The molecule has 0 bridgehead atoms. The summed E-state index contributed by atoms with van der Waals surface area (Å²) in [5.74, 6) is -0.855. The Kier molecular flexibility index (Phi) is 10.3. The van der Waals surface area contributed by atoms with Gasteiger partial charge in [-0.05, 0) is 55.6 Å². The summed E-state index contributed by atoms with van der Waals surface area (Å²) in [4.78, 5) is 31.6. The summed E-state index contributed by atoms with van der Waals surface area (Å²) in [5, 5.41) is 3.69. The summed E-state index contributed by atoms with van der Waals surface area (Å²) in [6.45, 7) is 6.62. The molecule has 1 aliphatic heterocycles. The van der Waals surface area contributed by atoms with Crippen molar-refractivity contribution in [2.45, 2.75) is 46.0 Å². The molecular formula is C26H35F4N5O3. The summed E-state index contributed by atoms with van der Waals surface area (Å²) >= 11 is 0. The molecule has 0 radical (unpaired) electrons. The summed E-state index contributed by atoms with van der Waals surface area (Å²) in [6, 6.07) is 4.06. The largest absolute Gasteiger partial charge is 0.419 e. The Morgan fingerprint density at radius 2 is 1.79 bits per heavy atom. The number of anilines is 1. The van der Waals surface area contributed by atoms with E-state index in [2.05, 4.69) is 23.8 Å². The normalized spacial score (nSPS) is 16.2. The molecule has 3 rings (SSSR count). The van der Waals surface area contributed by atoms with Crippen molar-refractivity contribution < 1.29 is 31.9 Å². The quantitative estimate of drug-likeness (QED) is 0.521. The molecule has 1 aromatic heterocycles. The van der Waals surface area contributed by atoms with E-state index in [9.17, 15) is 27.2 Å². The second kappa shape index (κ2) is 13.2. The van der Waals surface area contributed by atoms with Crippen molar-refractivity contribution in [1.82, 2.24) is 19.6 Å². The number of ether oxygens (including phenoxy) is 1. The zero-order valence-corrected chi connectivity index (χ0v) is 22.0. The minimum absolute atomic E-state index is 0.0136. The van der Waals surface area contributed by atoms with Gasteiger partial charge in [-0.3, -0.25) is 14.3 Å². The Morgan fingerprint density at radius 3 is 2.42 bits per heavy atom. The van der Waals surface area contributed by atoms with Crippen LogP contribution in [0, 0.1) is 11.7 Å². The minimum atomic E-state index is -4.57. The lowest BCUT2D eigenvalue weighted by molar-refractivity contribution is -0.138. The van der Waals surface area contributed by atoms with E-state index in [1.807, 2.05) is 0 Å². The number of halogens is 4. The number of fused-ring (bicyclic) bond motifs is 1. The van der Waals surface area contributed by atoms with Crippen LogP contribution in [-0.4, -0.2) is 77.8 Å². The van der Waals surface area contributed by atoms with Crippen molar-refractivity contribution in [1.29, 1.82) is 0 Å². The number of aromatic nitrogens is 2. The molecule has 8 nitrogen and oxygen atoms in total. The highest BCUT2D eigenvalue weighted by Crippen LogP contribution is 2.29. The topological polar surface area (TPSA) is 70.9 Å². The van der Waals surface area contributed by atoms with Crippen LogP contribution >= 0.6 is 0 Å². The lowest BCUT2D eigenvalue weighted by Crippen LogP contribution is -2.41. The number of alkyl halides is 3. The number of carbonyl (C=O) groups excluding carboxylic acids is 2. The third-order valence-corrected chi connectivity index (χ3v) is 6.25. The monoisotopic (exact) mass is 541 g/mol. The van der Waals surface area contributed by atoms with Crippen LogP contribution < -0.4 is 4.90 Å². The van der Waals surface area contributed by atoms with Gasteiger partial charge in [0.2, 0.25) is 5.91 Å². The van der Waals surface area contributed by atoms with E-state index in [0.717, 1.165) is 24.0 Å². The Labute approximate surface area is 220 Å². The highest BCUT2D eigenvalue weighted by molar-refractivity contribution is 5.95. The van der Waals surface area contributed by atoms with Crippen molar-refractivity contribution in [2.75, 3.05) is 51.3 Å². The fourth-order valence-corrected chi connectivity index (χ4v) is 4.61. The minimum Gasteiger partial charge on any atom is -0.375 e. The van der Waals surface area contributed by atoms with E-state index in [1.165, 1.54) is 30.2 Å². The van der Waals surface area contributed by atoms with Crippen LogP contribution in [0.1, 0.15) is 37.8 Å².